The second-order valence-corrected chi connectivity index (χ2v) is 5.22. The van der Waals surface area contributed by atoms with Crippen LogP contribution in [0.15, 0.2) is 18.2 Å². The molecule has 0 unspecified atom stereocenters. The van der Waals surface area contributed by atoms with Gasteiger partial charge in [0, 0.05) is 24.0 Å². The molecule has 0 atom stereocenters. The van der Waals surface area contributed by atoms with Gasteiger partial charge in [0.15, 0.2) is 0 Å². The third kappa shape index (κ3) is 2.49. The number of rotatable bonds is 1. The molecule has 2 rings (SSSR count). The molecule has 0 radical (unpaired) electrons. The summed E-state index contributed by atoms with van der Waals surface area (Å²) < 4.78 is 0. The van der Waals surface area contributed by atoms with E-state index in [0.29, 0.717) is 5.25 Å². The molecular weight excluding hydrogens is 202 g/mol. The standard InChI is InChI=1S/C13H19NS/c1-10-3-4-12(9-11(10)2)14-7-5-13(15)6-8-14/h3-4,9,13,15H,5-8H2,1-2H3. The first kappa shape index (κ1) is 10.9. The third-order valence-corrected chi connectivity index (χ3v) is 3.84. The molecule has 1 nitrogen and oxygen atoms in total. The molecule has 0 N–H and O–H groups in total. The highest BCUT2D eigenvalue weighted by molar-refractivity contribution is 7.80. The van der Waals surface area contributed by atoms with E-state index in [9.17, 15) is 0 Å². The van der Waals surface area contributed by atoms with Gasteiger partial charge in [-0.25, -0.2) is 0 Å². The number of piperidine rings is 1. The van der Waals surface area contributed by atoms with Crippen molar-refractivity contribution >= 4 is 18.3 Å². The zero-order chi connectivity index (χ0) is 10.8. The minimum Gasteiger partial charge on any atom is -0.371 e. The van der Waals surface area contributed by atoms with Crippen LogP contribution in [0.1, 0.15) is 24.0 Å². The molecule has 1 fully saturated rings. The quantitative estimate of drug-likeness (QED) is 0.713. The van der Waals surface area contributed by atoms with Crippen molar-refractivity contribution in [1.82, 2.24) is 0 Å². The molecule has 0 aliphatic carbocycles. The van der Waals surface area contributed by atoms with Gasteiger partial charge in [-0.15, -0.1) is 0 Å². The van der Waals surface area contributed by atoms with Gasteiger partial charge in [-0.05, 0) is 49.9 Å². The predicted octanol–water partition coefficient (Wildman–Crippen LogP) is 3.20. The van der Waals surface area contributed by atoms with Crippen molar-refractivity contribution < 1.29 is 0 Å². The summed E-state index contributed by atoms with van der Waals surface area (Å²) in [5, 5.41) is 0.604. The zero-order valence-corrected chi connectivity index (χ0v) is 10.4. The van der Waals surface area contributed by atoms with Gasteiger partial charge >= 0.3 is 0 Å². The molecule has 1 aliphatic rings. The van der Waals surface area contributed by atoms with Crippen LogP contribution in [-0.2, 0) is 0 Å². The van der Waals surface area contributed by atoms with Crippen molar-refractivity contribution in [1.29, 1.82) is 0 Å². The summed E-state index contributed by atoms with van der Waals surface area (Å²) in [6, 6.07) is 6.76. The van der Waals surface area contributed by atoms with E-state index in [1.165, 1.54) is 29.7 Å². The van der Waals surface area contributed by atoms with Crippen LogP contribution in [-0.4, -0.2) is 18.3 Å². The van der Waals surface area contributed by atoms with E-state index in [2.05, 4.69) is 49.6 Å². The lowest BCUT2D eigenvalue weighted by molar-refractivity contribution is 0.593. The second kappa shape index (κ2) is 4.48. The Morgan fingerprint density at radius 3 is 2.40 bits per heavy atom. The first-order chi connectivity index (χ1) is 7.16. The highest BCUT2D eigenvalue weighted by atomic mass is 32.1. The summed E-state index contributed by atoms with van der Waals surface area (Å²) in [7, 11) is 0. The summed E-state index contributed by atoms with van der Waals surface area (Å²) in [5.74, 6) is 0. The number of thiol groups is 1. The molecule has 0 aromatic heterocycles. The van der Waals surface area contributed by atoms with Gasteiger partial charge in [0.2, 0.25) is 0 Å². The van der Waals surface area contributed by atoms with Crippen LogP contribution in [0.4, 0.5) is 5.69 Å². The maximum Gasteiger partial charge on any atom is 0.0369 e. The Hall–Kier alpha value is -0.630. The molecule has 0 amide bonds. The Bertz CT molecular complexity index is 340. The molecule has 1 aromatic rings. The molecule has 15 heavy (non-hydrogen) atoms. The van der Waals surface area contributed by atoms with Crippen LogP contribution in [0.2, 0.25) is 0 Å². The highest BCUT2D eigenvalue weighted by Crippen LogP contribution is 2.24. The van der Waals surface area contributed by atoms with Crippen LogP contribution in [0.3, 0.4) is 0 Å². The number of anilines is 1. The Morgan fingerprint density at radius 1 is 1.13 bits per heavy atom. The molecule has 2 heteroatoms. The smallest absolute Gasteiger partial charge is 0.0369 e. The van der Waals surface area contributed by atoms with Crippen molar-refractivity contribution in [3.63, 3.8) is 0 Å². The van der Waals surface area contributed by atoms with E-state index in [1.807, 2.05) is 0 Å². The van der Waals surface area contributed by atoms with E-state index in [-0.39, 0.29) is 0 Å². The van der Waals surface area contributed by atoms with Crippen molar-refractivity contribution in [2.24, 2.45) is 0 Å². The topological polar surface area (TPSA) is 3.24 Å². The van der Waals surface area contributed by atoms with E-state index < -0.39 is 0 Å². The Kier molecular flexibility index (Phi) is 3.25. The minimum absolute atomic E-state index is 0.604. The van der Waals surface area contributed by atoms with Gasteiger partial charge in [-0.3, -0.25) is 0 Å². The van der Waals surface area contributed by atoms with E-state index in [4.69, 9.17) is 0 Å². The maximum atomic E-state index is 4.52. The number of benzene rings is 1. The fourth-order valence-electron chi connectivity index (χ4n) is 2.05. The van der Waals surface area contributed by atoms with Crippen molar-refractivity contribution in [2.45, 2.75) is 31.9 Å². The predicted molar refractivity (Wildman–Crippen MR) is 70.1 cm³/mol. The Labute approximate surface area is 97.9 Å². The van der Waals surface area contributed by atoms with Crippen molar-refractivity contribution in [3.05, 3.63) is 29.3 Å². The van der Waals surface area contributed by atoms with Crippen molar-refractivity contribution in [2.75, 3.05) is 18.0 Å². The second-order valence-electron chi connectivity index (χ2n) is 4.49. The zero-order valence-electron chi connectivity index (χ0n) is 9.53. The molecule has 1 aliphatic heterocycles. The summed E-state index contributed by atoms with van der Waals surface area (Å²) >= 11 is 4.52. The Morgan fingerprint density at radius 2 is 1.80 bits per heavy atom. The van der Waals surface area contributed by atoms with Crippen LogP contribution < -0.4 is 4.90 Å². The van der Waals surface area contributed by atoms with Gasteiger partial charge in [0.25, 0.3) is 0 Å². The number of hydrogen-bond acceptors (Lipinski definition) is 2. The fourth-order valence-corrected chi connectivity index (χ4v) is 2.28. The van der Waals surface area contributed by atoms with Crippen LogP contribution in [0, 0.1) is 13.8 Å². The Balaban J connectivity index is 2.12. The SMILES string of the molecule is Cc1ccc(N2CCC(S)CC2)cc1C. The average molecular weight is 221 g/mol. The normalized spacial score (nSPS) is 18.2. The summed E-state index contributed by atoms with van der Waals surface area (Å²) in [6.45, 7) is 6.65. The summed E-state index contributed by atoms with van der Waals surface area (Å²) in [6.07, 6.45) is 2.41. The van der Waals surface area contributed by atoms with Crippen LogP contribution in [0.5, 0.6) is 0 Å². The average Bonchev–Trinajstić information content (AvgIpc) is 2.23. The largest absolute Gasteiger partial charge is 0.371 e. The first-order valence-electron chi connectivity index (χ1n) is 5.67. The first-order valence-corrected chi connectivity index (χ1v) is 6.19. The van der Waals surface area contributed by atoms with Crippen molar-refractivity contribution in [3.8, 4) is 0 Å². The third-order valence-electron chi connectivity index (χ3n) is 3.32. The number of hydrogen-bond donors (Lipinski definition) is 1. The van der Waals surface area contributed by atoms with Crippen LogP contribution >= 0.6 is 12.6 Å². The lowest BCUT2D eigenvalue weighted by Crippen LogP contribution is -2.34. The van der Waals surface area contributed by atoms with Gasteiger partial charge in [-0.2, -0.15) is 12.6 Å². The van der Waals surface area contributed by atoms with E-state index >= 15 is 0 Å². The maximum absolute atomic E-state index is 4.52. The molecule has 1 aromatic carbocycles. The van der Waals surface area contributed by atoms with Gasteiger partial charge in [-0.1, -0.05) is 6.07 Å². The van der Waals surface area contributed by atoms with Gasteiger partial charge < -0.3 is 4.90 Å². The molecule has 0 spiro atoms. The molecule has 82 valence electrons. The minimum atomic E-state index is 0.604. The molecule has 0 saturated carbocycles. The fraction of sp³-hybridized carbons (Fsp3) is 0.538. The van der Waals surface area contributed by atoms with Gasteiger partial charge in [0.05, 0.1) is 0 Å². The summed E-state index contributed by atoms with van der Waals surface area (Å²) in [5.41, 5.74) is 4.14. The lowest BCUT2D eigenvalue weighted by atomic mass is 10.1. The summed E-state index contributed by atoms with van der Waals surface area (Å²) in [4.78, 5) is 2.47. The van der Waals surface area contributed by atoms with E-state index in [1.54, 1.807) is 0 Å². The lowest BCUT2D eigenvalue weighted by Gasteiger charge is -2.32. The monoisotopic (exact) mass is 221 g/mol. The molecule has 1 heterocycles. The van der Waals surface area contributed by atoms with Crippen LogP contribution in [0.25, 0.3) is 0 Å². The van der Waals surface area contributed by atoms with Gasteiger partial charge in [0.1, 0.15) is 0 Å². The number of nitrogens with zero attached hydrogens (tertiary/aromatic N) is 1. The molecule has 1 saturated heterocycles. The number of aryl methyl sites for hydroxylation is 2. The molecule has 0 bridgehead atoms. The van der Waals surface area contributed by atoms with E-state index in [0.717, 1.165) is 13.1 Å². The molecular formula is C13H19NS. The highest BCUT2D eigenvalue weighted by Gasteiger charge is 2.16.